The van der Waals surface area contributed by atoms with E-state index in [9.17, 15) is 9.59 Å². The van der Waals surface area contributed by atoms with Crippen LogP contribution in [0.5, 0.6) is 0 Å². The molecule has 2 aliphatic heterocycles. The van der Waals surface area contributed by atoms with E-state index in [4.69, 9.17) is 4.74 Å². The number of hydrogen-bond donors (Lipinski definition) is 0. The lowest BCUT2D eigenvalue weighted by Gasteiger charge is -2.36. The van der Waals surface area contributed by atoms with E-state index in [1.165, 1.54) is 23.8 Å². The summed E-state index contributed by atoms with van der Waals surface area (Å²) in [7, 11) is 1.41. The van der Waals surface area contributed by atoms with Crippen LogP contribution in [0.2, 0.25) is 0 Å². The van der Waals surface area contributed by atoms with Crippen molar-refractivity contribution >= 4 is 17.4 Å². The van der Waals surface area contributed by atoms with Crippen LogP contribution >= 0.6 is 0 Å². The second-order valence-corrected chi connectivity index (χ2v) is 7.60. The van der Waals surface area contributed by atoms with E-state index in [2.05, 4.69) is 24.3 Å². The maximum Gasteiger partial charge on any atom is 0.323 e. The standard InChI is InChI=1S/C24H26N2O3/c1-29-24(28)22-15-20-9-5-6-10-21(20)16-26(22)17-23(27)25-13-11-19(12-14-25)18-7-3-2-4-8-18/h2-11,22H,12-17H2,1H3/t22-/m1/s1. The Bertz CT molecular complexity index is 923. The summed E-state index contributed by atoms with van der Waals surface area (Å²) in [5.41, 5.74) is 4.83. The molecule has 2 aromatic carbocycles. The fourth-order valence-electron chi connectivity index (χ4n) is 4.20. The van der Waals surface area contributed by atoms with E-state index in [0.29, 0.717) is 26.1 Å². The van der Waals surface area contributed by atoms with Crippen molar-refractivity contribution in [2.75, 3.05) is 26.7 Å². The molecular weight excluding hydrogens is 364 g/mol. The maximum atomic E-state index is 13.0. The van der Waals surface area contributed by atoms with Crippen molar-refractivity contribution < 1.29 is 14.3 Å². The third kappa shape index (κ3) is 4.25. The lowest BCUT2D eigenvalue weighted by atomic mass is 9.94. The average molecular weight is 390 g/mol. The summed E-state index contributed by atoms with van der Waals surface area (Å²) in [5.74, 6) is -0.223. The van der Waals surface area contributed by atoms with Crippen LogP contribution in [0.15, 0.2) is 60.7 Å². The zero-order valence-electron chi connectivity index (χ0n) is 16.7. The fraction of sp³-hybridized carbons (Fsp3) is 0.333. The number of methoxy groups -OCH3 is 1. The topological polar surface area (TPSA) is 49.9 Å². The first kappa shape index (κ1) is 19.4. The minimum atomic E-state index is -0.418. The number of nitrogens with zero attached hydrogens (tertiary/aromatic N) is 2. The van der Waals surface area contributed by atoms with Crippen molar-refractivity contribution in [2.24, 2.45) is 0 Å². The van der Waals surface area contributed by atoms with Crippen LogP contribution in [0.1, 0.15) is 23.1 Å². The molecule has 0 spiro atoms. The molecule has 2 aromatic rings. The summed E-state index contributed by atoms with van der Waals surface area (Å²) in [6, 6.07) is 18.0. The minimum absolute atomic E-state index is 0.0571. The molecule has 0 radical (unpaired) electrons. The molecule has 150 valence electrons. The van der Waals surface area contributed by atoms with Crippen LogP contribution in [0, 0.1) is 0 Å². The van der Waals surface area contributed by atoms with Gasteiger partial charge in [0.1, 0.15) is 6.04 Å². The first-order chi connectivity index (χ1) is 14.2. The molecule has 5 nitrogen and oxygen atoms in total. The highest BCUT2D eigenvalue weighted by atomic mass is 16.5. The average Bonchev–Trinajstić information content (AvgIpc) is 2.78. The van der Waals surface area contributed by atoms with Crippen molar-refractivity contribution in [3.63, 3.8) is 0 Å². The van der Waals surface area contributed by atoms with Crippen LogP contribution in [0.4, 0.5) is 0 Å². The summed E-state index contributed by atoms with van der Waals surface area (Å²) >= 11 is 0. The number of carbonyl (C=O) groups is 2. The first-order valence-corrected chi connectivity index (χ1v) is 10.1. The van der Waals surface area contributed by atoms with Gasteiger partial charge in [0.05, 0.1) is 13.7 Å². The molecule has 4 rings (SSSR count). The fourth-order valence-corrected chi connectivity index (χ4v) is 4.20. The van der Waals surface area contributed by atoms with Gasteiger partial charge in [0.15, 0.2) is 0 Å². The van der Waals surface area contributed by atoms with E-state index in [1.807, 2.05) is 46.2 Å². The summed E-state index contributed by atoms with van der Waals surface area (Å²) in [4.78, 5) is 29.2. The Morgan fingerprint density at radius 2 is 1.76 bits per heavy atom. The first-order valence-electron chi connectivity index (χ1n) is 10.1. The Hall–Kier alpha value is -2.92. The number of ether oxygens (including phenoxy) is 1. The van der Waals surface area contributed by atoms with E-state index < -0.39 is 6.04 Å². The molecule has 0 aromatic heterocycles. The lowest BCUT2D eigenvalue weighted by molar-refractivity contribution is -0.149. The lowest BCUT2D eigenvalue weighted by Crippen LogP contribution is -2.51. The number of rotatable bonds is 4. The summed E-state index contributed by atoms with van der Waals surface area (Å²) in [6.07, 6.45) is 3.56. The van der Waals surface area contributed by atoms with E-state index in [1.54, 1.807) is 0 Å². The van der Waals surface area contributed by atoms with Gasteiger partial charge in [0.25, 0.3) is 0 Å². The molecular formula is C24H26N2O3. The number of esters is 1. The Kier molecular flexibility index (Phi) is 5.76. The molecule has 1 atom stereocenters. The van der Waals surface area contributed by atoms with Gasteiger partial charge >= 0.3 is 5.97 Å². The van der Waals surface area contributed by atoms with Crippen LogP contribution in [-0.2, 0) is 27.3 Å². The van der Waals surface area contributed by atoms with E-state index in [0.717, 1.165) is 12.0 Å². The minimum Gasteiger partial charge on any atom is -0.468 e. The van der Waals surface area contributed by atoms with Crippen LogP contribution in [-0.4, -0.2) is 54.5 Å². The van der Waals surface area contributed by atoms with Gasteiger partial charge in [-0.15, -0.1) is 0 Å². The monoisotopic (exact) mass is 390 g/mol. The molecule has 0 saturated heterocycles. The highest BCUT2D eigenvalue weighted by Crippen LogP contribution is 2.25. The SMILES string of the molecule is COC(=O)[C@H]1Cc2ccccc2CN1CC(=O)N1CC=C(c2ccccc2)CC1. The van der Waals surface area contributed by atoms with Crippen molar-refractivity contribution in [1.82, 2.24) is 9.80 Å². The molecule has 1 amide bonds. The Balaban J connectivity index is 1.44. The second-order valence-electron chi connectivity index (χ2n) is 7.60. The van der Waals surface area contributed by atoms with Gasteiger partial charge in [-0.2, -0.15) is 0 Å². The molecule has 2 aliphatic rings. The highest BCUT2D eigenvalue weighted by Gasteiger charge is 2.34. The number of carbonyl (C=O) groups excluding carboxylic acids is 2. The number of fused-ring (bicyclic) bond motifs is 1. The third-order valence-corrected chi connectivity index (χ3v) is 5.86. The summed E-state index contributed by atoms with van der Waals surface area (Å²) in [5, 5.41) is 0. The van der Waals surface area contributed by atoms with E-state index >= 15 is 0 Å². The van der Waals surface area contributed by atoms with Crippen molar-refractivity contribution in [2.45, 2.75) is 25.4 Å². The van der Waals surface area contributed by atoms with Crippen molar-refractivity contribution in [3.8, 4) is 0 Å². The molecule has 5 heteroatoms. The van der Waals surface area contributed by atoms with Gasteiger partial charge in [-0.25, -0.2) is 0 Å². The van der Waals surface area contributed by atoms with Crippen molar-refractivity contribution in [1.29, 1.82) is 0 Å². The van der Waals surface area contributed by atoms with Gasteiger partial charge in [-0.3, -0.25) is 14.5 Å². The Morgan fingerprint density at radius 3 is 2.45 bits per heavy atom. The zero-order chi connectivity index (χ0) is 20.2. The quantitative estimate of drug-likeness (QED) is 0.754. The Morgan fingerprint density at radius 1 is 1.03 bits per heavy atom. The number of amides is 1. The largest absolute Gasteiger partial charge is 0.468 e. The summed E-state index contributed by atoms with van der Waals surface area (Å²) in [6.45, 7) is 2.12. The molecule has 0 N–H and O–H groups in total. The van der Waals surface area contributed by atoms with Gasteiger partial charge in [-0.05, 0) is 35.1 Å². The normalized spacial score (nSPS) is 19.3. The highest BCUT2D eigenvalue weighted by molar-refractivity contribution is 5.82. The third-order valence-electron chi connectivity index (χ3n) is 5.86. The van der Waals surface area contributed by atoms with E-state index in [-0.39, 0.29) is 18.4 Å². The Labute approximate surface area is 171 Å². The van der Waals surface area contributed by atoms with Gasteiger partial charge < -0.3 is 9.64 Å². The zero-order valence-corrected chi connectivity index (χ0v) is 16.7. The number of benzene rings is 2. The maximum absolute atomic E-state index is 13.0. The molecule has 0 unspecified atom stereocenters. The summed E-state index contributed by atoms with van der Waals surface area (Å²) < 4.78 is 5.01. The molecule has 0 fully saturated rings. The number of hydrogen-bond acceptors (Lipinski definition) is 4. The van der Waals surface area contributed by atoms with Gasteiger partial charge in [0, 0.05) is 19.6 Å². The van der Waals surface area contributed by atoms with Crippen LogP contribution < -0.4 is 0 Å². The predicted molar refractivity (Wildman–Crippen MR) is 112 cm³/mol. The molecule has 0 aliphatic carbocycles. The van der Waals surface area contributed by atoms with Crippen molar-refractivity contribution in [3.05, 3.63) is 77.4 Å². The molecule has 29 heavy (non-hydrogen) atoms. The second kappa shape index (κ2) is 8.62. The molecule has 2 heterocycles. The van der Waals surface area contributed by atoms with Gasteiger partial charge in [-0.1, -0.05) is 60.7 Å². The molecule has 0 bridgehead atoms. The smallest absolute Gasteiger partial charge is 0.323 e. The van der Waals surface area contributed by atoms with Crippen LogP contribution in [0.3, 0.4) is 0 Å². The van der Waals surface area contributed by atoms with Crippen LogP contribution in [0.25, 0.3) is 5.57 Å². The molecule has 0 saturated carbocycles. The van der Waals surface area contributed by atoms with Gasteiger partial charge in [0.2, 0.25) is 5.91 Å². The predicted octanol–water partition coefficient (Wildman–Crippen LogP) is 2.90.